The molecule has 0 saturated carbocycles. The van der Waals surface area contributed by atoms with Gasteiger partial charge in [-0.3, -0.25) is 19.7 Å². The number of carbonyl (C=O) groups excluding carboxylic acids is 2. The maximum atomic E-state index is 12.8. The molecule has 1 heterocycles. The number of nitro groups is 1. The molecule has 2 aromatic rings. The number of rotatable bonds is 6. The molecule has 31 heavy (non-hydrogen) atoms. The summed E-state index contributed by atoms with van der Waals surface area (Å²) < 4.78 is 43.7. The Bertz CT molecular complexity index is 1040. The van der Waals surface area contributed by atoms with E-state index in [2.05, 4.69) is 10.6 Å². The predicted octanol–water partition coefficient (Wildman–Crippen LogP) is 4.45. The van der Waals surface area contributed by atoms with Gasteiger partial charge in [-0.25, -0.2) is 0 Å². The molecule has 2 aromatic carbocycles. The monoisotopic (exact) mass is 455 g/mol. The molecule has 0 aromatic heterocycles. The third kappa shape index (κ3) is 5.26. The molecule has 0 radical (unpaired) electrons. The molecule has 2 N–H and O–H groups in total. The first-order valence-electron chi connectivity index (χ1n) is 8.98. The molecule has 0 aliphatic carbocycles. The lowest BCUT2D eigenvalue weighted by atomic mass is 10.1. The van der Waals surface area contributed by atoms with Crippen LogP contribution >= 0.6 is 11.8 Å². The molecule has 164 valence electrons. The lowest BCUT2D eigenvalue weighted by Crippen LogP contribution is -2.32. The minimum atomic E-state index is -4.55. The number of nitrogens with zero attached hydrogens (tertiary/aromatic N) is 1. The second kappa shape index (κ2) is 8.84. The molecule has 2 amide bonds. The Labute approximate surface area is 178 Å². The van der Waals surface area contributed by atoms with Crippen LogP contribution in [0.5, 0.6) is 5.75 Å². The van der Waals surface area contributed by atoms with Crippen LogP contribution in [0.15, 0.2) is 41.3 Å². The largest absolute Gasteiger partial charge is 0.494 e. The highest BCUT2D eigenvalue weighted by molar-refractivity contribution is 8.01. The van der Waals surface area contributed by atoms with Crippen molar-refractivity contribution in [2.45, 2.75) is 29.7 Å². The number of nitrogens with one attached hydrogen (secondary N) is 2. The summed E-state index contributed by atoms with van der Waals surface area (Å²) in [5.74, 6) is -1.02. The fraction of sp³-hybridized carbons (Fsp3) is 0.263. The van der Waals surface area contributed by atoms with Gasteiger partial charge in [0.25, 0.3) is 5.69 Å². The number of hydrogen-bond acceptors (Lipinski definition) is 6. The van der Waals surface area contributed by atoms with Crippen LogP contribution in [0.1, 0.15) is 18.9 Å². The number of carbonyl (C=O) groups is 2. The van der Waals surface area contributed by atoms with Gasteiger partial charge < -0.3 is 15.4 Å². The molecule has 1 aliphatic rings. The summed E-state index contributed by atoms with van der Waals surface area (Å²) in [6.07, 6.45) is -4.88. The summed E-state index contributed by atoms with van der Waals surface area (Å²) in [6, 6.07) is 6.91. The van der Waals surface area contributed by atoms with Crippen LogP contribution in [0.4, 0.5) is 30.2 Å². The van der Waals surface area contributed by atoms with Gasteiger partial charge in [-0.2, -0.15) is 13.2 Å². The second-order valence-corrected chi connectivity index (χ2v) is 7.67. The zero-order valence-corrected chi connectivity index (χ0v) is 16.8. The first-order valence-corrected chi connectivity index (χ1v) is 9.86. The molecular weight excluding hydrogens is 439 g/mol. The van der Waals surface area contributed by atoms with Gasteiger partial charge >= 0.3 is 6.18 Å². The highest BCUT2D eigenvalue weighted by Gasteiger charge is 2.34. The van der Waals surface area contributed by atoms with E-state index in [-0.39, 0.29) is 29.2 Å². The number of halogens is 3. The number of alkyl halides is 3. The van der Waals surface area contributed by atoms with Crippen LogP contribution in [0.2, 0.25) is 0 Å². The summed E-state index contributed by atoms with van der Waals surface area (Å²) in [5.41, 5.74) is -1.31. The van der Waals surface area contributed by atoms with Crippen molar-refractivity contribution in [3.63, 3.8) is 0 Å². The third-order valence-electron chi connectivity index (χ3n) is 4.25. The fourth-order valence-electron chi connectivity index (χ4n) is 2.86. The minimum absolute atomic E-state index is 0.0173. The van der Waals surface area contributed by atoms with Gasteiger partial charge in [0.15, 0.2) is 0 Å². The maximum Gasteiger partial charge on any atom is 0.416 e. The third-order valence-corrected chi connectivity index (χ3v) is 5.52. The van der Waals surface area contributed by atoms with E-state index in [4.69, 9.17) is 4.74 Å². The number of ether oxygens (including phenoxy) is 1. The number of benzene rings is 2. The van der Waals surface area contributed by atoms with Crippen molar-refractivity contribution in [2.24, 2.45) is 0 Å². The van der Waals surface area contributed by atoms with E-state index in [9.17, 15) is 32.9 Å². The summed E-state index contributed by atoms with van der Waals surface area (Å²) in [6.45, 7) is 2.03. The van der Waals surface area contributed by atoms with E-state index in [0.29, 0.717) is 11.5 Å². The van der Waals surface area contributed by atoms with E-state index < -0.39 is 33.7 Å². The van der Waals surface area contributed by atoms with Crippen molar-refractivity contribution < 1.29 is 32.4 Å². The van der Waals surface area contributed by atoms with E-state index in [1.165, 1.54) is 24.3 Å². The quantitative estimate of drug-likeness (QED) is 0.492. The molecule has 3 rings (SSSR count). The number of nitro benzene ring substituents is 1. The Morgan fingerprint density at radius 1 is 1.29 bits per heavy atom. The molecule has 12 heteroatoms. The molecule has 1 unspecified atom stereocenters. The molecular formula is C19H16F3N3O5S. The Kier molecular flexibility index (Phi) is 6.39. The Morgan fingerprint density at radius 3 is 2.68 bits per heavy atom. The SMILES string of the molecule is CCOc1ccc(NC(=O)CC2Sc3ccc(C(F)(F)F)cc3NC2=O)c([N+](=O)[O-])c1. The van der Waals surface area contributed by atoms with Crippen LogP contribution in [0.3, 0.4) is 0 Å². The highest BCUT2D eigenvalue weighted by atomic mass is 32.2. The van der Waals surface area contributed by atoms with E-state index in [0.717, 1.165) is 23.9 Å². The first kappa shape index (κ1) is 22.4. The Morgan fingerprint density at radius 2 is 2.03 bits per heavy atom. The van der Waals surface area contributed by atoms with E-state index in [1.54, 1.807) is 6.92 Å². The van der Waals surface area contributed by atoms with Crippen molar-refractivity contribution >= 4 is 40.6 Å². The minimum Gasteiger partial charge on any atom is -0.494 e. The van der Waals surface area contributed by atoms with Crippen molar-refractivity contribution in [2.75, 3.05) is 17.2 Å². The van der Waals surface area contributed by atoms with Gasteiger partial charge in [0, 0.05) is 11.3 Å². The number of hydrogen-bond donors (Lipinski definition) is 2. The maximum absolute atomic E-state index is 12.8. The van der Waals surface area contributed by atoms with Gasteiger partial charge in [-0.05, 0) is 37.3 Å². The fourth-order valence-corrected chi connectivity index (χ4v) is 3.95. The highest BCUT2D eigenvalue weighted by Crippen LogP contribution is 2.40. The summed E-state index contributed by atoms with van der Waals surface area (Å²) in [7, 11) is 0. The average molecular weight is 455 g/mol. The van der Waals surface area contributed by atoms with Gasteiger partial charge in [-0.15, -0.1) is 11.8 Å². The zero-order valence-electron chi connectivity index (χ0n) is 16.0. The van der Waals surface area contributed by atoms with Gasteiger partial charge in [0.05, 0.1) is 34.1 Å². The number of thioether (sulfide) groups is 1. The molecule has 0 spiro atoms. The van der Waals surface area contributed by atoms with Crippen molar-refractivity contribution in [1.82, 2.24) is 0 Å². The Balaban J connectivity index is 1.72. The van der Waals surface area contributed by atoms with Crippen molar-refractivity contribution in [3.8, 4) is 5.75 Å². The Hall–Kier alpha value is -3.28. The van der Waals surface area contributed by atoms with Crippen LogP contribution in [0, 0.1) is 10.1 Å². The second-order valence-electron chi connectivity index (χ2n) is 6.43. The van der Waals surface area contributed by atoms with Gasteiger partial charge in [0.1, 0.15) is 11.4 Å². The predicted molar refractivity (Wildman–Crippen MR) is 107 cm³/mol. The topological polar surface area (TPSA) is 111 Å². The molecule has 0 fully saturated rings. The zero-order chi connectivity index (χ0) is 22.8. The normalized spacial score (nSPS) is 15.6. The van der Waals surface area contributed by atoms with Crippen LogP contribution in [-0.4, -0.2) is 28.6 Å². The lowest BCUT2D eigenvalue weighted by molar-refractivity contribution is -0.384. The van der Waals surface area contributed by atoms with Crippen molar-refractivity contribution in [3.05, 3.63) is 52.1 Å². The first-order chi connectivity index (χ1) is 14.6. The molecule has 1 aliphatic heterocycles. The summed E-state index contributed by atoms with van der Waals surface area (Å²) in [4.78, 5) is 35.7. The van der Waals surface area contributed by atoms with E-state index in [1.807, 2.05) is 0 Å². The molecule has 0 saturated heterocycles. The standard InChI is InChI=1S/C19H16F3N3O5S/c1-2-30-11-4-5-12(14(8-11)25(28)29)23-17(26)9-16-18(27)24-13-7-10(19(20,21)22)3-6-15(13)31-16/h3-8,16H,2,9H2,1H3,(H,23,26)(H,24,27). The van der Waals surface area contributed by atoms with Gasteiger partial charge in [0.2, 0.25) is 11.8 Å². The average Bonchev–Trinajstić information content (AvgIpc) is 2.68. The van der Waals surface area contributed by atoms with E-state index >= 15 is 0 Å². The van der Waals surface area contributed by atoms with Crippen LogP contribution < -0.4 is 15.4 Å². The van der Waals surface area contributed by atoms with Gasteiger partial charge in [-0.1, -0.05) is 0 Å². The summed E-state index contributed by atoms with van der Waals surface area (Å²) >= 11 is 0.949. The molecule has 8 nitrogen and oxygen atoms in total. The number of amides is 2. The molecule has 0 bridgehead atoms. The number of fused-ring (bicyclic) bond motifs is 1. The smallest absolute Gasteiger partial charge is 0.416 e. The van der Waals surface area contributed by atoms with Crippen LogP contribution in [-0.2, 0) is 15.8 Å². The van der Waals surface area contributed by atoms with Crippen LogP contribution in [0.25, 0.3) is 0 Å². The lowest BCUT2D eigenvalue weighted by Gasteiger charge is -2.24. The molecule has 1 atom stereocenters. The van der Waals surface area contributed by atoms with Crippen molar-refractivity contribution in [1.29, 1.82) is 0 Å². The number of anilines is 2. The summed E-state index contributed by atoms with van der Waals surface area (Å²) in [5, 5.41) is 15.2.